The number of ketones is 1. The Bertz CT molecular complexity index is 1040. The molecule has 0 aliphatic heterocycles. The molecule has 144 valence electrons. The second-order valence-corrected chi connectivity index (χ2v) is 7.74. The molecule has 0 saturated heterocycles. The molecule has 1 atom stereocenters. The van der Waals surface area contributed by atoms with Gasteiger partial charge in [-0.2, -0.15) is 0 Å². The highest BCUT2D eigenvalue weighted by atomic mass is 35.5. The molecule has 28 heavy (non-hydrogen) atoms. The molecule has 0 saturated carbocycles. The number of rotatable bonds is 6. The molecule has 0 bridgehead atoms. The van der Waals surface area contributed by atoms with Gasteiger partial charge < -0.3 is 16.4 Å². The van der Waals surface area contributed by atoms with E-state index in [4.69, 9.17) is 34.7 Å². The van der Waals surface area contributed by atoms with E-state index in [2.05, 4.69) is 4.98 Å². The molecule has 0 fully saturated rings. The average molecular weight is 435 g/mol. The SMILES string of the molecule is C[C@H](C(N)=O)N(c1ccc(Cl)c(Cl)c1)c1nc(N)c(C(=O)c2ccccc2)s1. The summed E-state index contributed by atoms with van der Waals surface area (Å²) in [4.78, 5) is 30.8. The minimum Gasteiger partial charge on any atom is -0.382 e. The lowest BCUT2D eigenvalue weighted by Gasteiger charge is -2.27. The van der Waals surface area contributed by atoms with Crippen LogP contribution in [0.5, 0.6) is 0 Å². The highest BCUT2D eigenvalue weighted by molar-refractivity contribution is 7.18. The van der Waals surface area contributed by atoms with Gasteiger partial charge in [-0.15, -0.1) is 0 Å². The van der Waals surface area contributed by atoms with Crippen molar-refractivity contribution in [2.45, 2.75) is 13.0 Å². The summed E-state index contributed by atoms with van der Waals surface area (Å²) in [6, 6.07) is 12.9. The summed E-state index contributed by atoms with van der Waals surface area (Å²) in [6.07, 6.45) is 0. The monoisotopic (exact) mass is 434 g/mol. The number of nitrogen functional groups attached to an aromatic ring is 1. The van der Waals surface area contributed by atoms with Crippen molar-refractivity contribution < 1.29 is 9.59 Å². The average Bonchev–Trinajstić information content (AvgIpc) is 3.05. The first kappa shape index (κ1) is 20.1. The van der Waals surface area contributed by atoms with E-state index in [-0.39, 0.29) is 16.5 Å². The Hall–Kier alpha value is -2.61. The third-order valence-electron chi connectivity index (χ3n) is 4.07. The van der Waals surface area contributed by atoms with Gasteiger partial charge in [-0.05, 0) is 25.1 Å². The van der Waals surface area contributed by atoms with Crippen molar-refractivity contribution in [3.8, 4) is 0 Å². The van der Waals surface area contributed by atoms with Gasteiger partial charge in [-0.25, -0.2) is 4.98 Å². The Morgan fingerprint density at radius 3 is 2.39 bits per heavy atom. The molecule has 0 radical (unpaired) electrons. The summed E-state index contributed by atoms with van der Waals surface area (Å²) < 4.78 is 0. The summed E-state index contributed by atoms with van der Waals surface area (Å²) in [5.74, 6) is -0.742. The largest absolute Gasteiger partial charge is 0.382 e. The zero-order valence-electron chi connectivity index (χ0n) is 14.7. The van der Waals surface area contributed by atoms with E-state index in [1.54, 1.807) is 54.3 Å². The van der Waals surface area contributed by atoms with Crippen LogP contribution >= 0.6 is 34.5 Å². The predicted octanol–water partition coefficient (Wildman–Crippen LogP) is 4.28. The Morgan fingerprint density at radius 2 is 1.79 bits per heavy atom. The molecule has 0 spiro atoms. The molecule has 3 aromatic rings. The van der Waals surface area contributed by atoms with E-state index in [9.17, 15) is 9.59 Å². The van der Waals surface area contributed by atoms with Crippen molar-refractivity contribution in [1.29, 1.82) is 0 Å². The van der Waals surface area contributed by atoms with Crippen LogP contribution in [0.25, 0.3) is 0 Å². The van der Waals surface area contributed by atoms with Crippen molar-refractivity contribution in [2.75, 3.05) is 10.6 Å². The Balaban J connectivity index is 2.07. The topological polar surface area (TPSA) is 102 Å². The molecule has 6 nitrogen and oxygen atoms in total. The van der Waals surface area contributed by atoms with Crippen molar-refractivity contribution >= 4 is 62.9 Å². The lowest BCUT2D eigenvalue weighted by Crippen LogP contribution is -2.39. The third kappa shape index (κ3) is 3.96. The number of amides is 1. The van der Waals surface area contributed by atoms with Crippen LogP contribution in [0.15, 0.2) is 48.5 Å². The molecule has 1 aromatic heterocycles. The normalized spacial score (nSPS) is 11.8. The highest BCUT2D eigenvalue weighted by Gasteiger charge is 2.27. The Morgan fingerprint density at radius 1 is 1.11 bits per heavy atom. The fourth-order valence-electron chi connectivity index (χ4n) is 2.57. The standard InChI is InChI=1S/C19H16Cl2N4O2S/c1-10(18(23)27)25(12-7-8-13(20)14(21)9-12)19-24-17(22)16(28-19)15(26)11-5-3-2-4-6-11/h2-10H,22H2,1H3,(H2,23,27)/t10-/m1/s1. The maximum absolute atomic E-state index is 12.8. The van der Waals surface area contributed by atoms with Gasteiger partial charge in [-0.3, -0.25) is 9.59 Å². The van der Waals surface area contributed by atoms with Crippen LogP contribution in [-0.2, 0) is 4.79 Å². The number of halogens is 2. The van der Waals surface area contributed by atoms with E-state index in [0.29, 0.717) is 26.4 Å². The third-order valence-corrected chi connectivity index (χ3v) is 5.88. The summed E-state index contributed by atoms with van der Waals surface area (Å²) in [7, 11) is 0. The number of carbonyl (C=O) groups excluding carboxylic acids is 2. The van der Waals surface area contributed by atoms with Gasteiger partial charge in [0.25, 0.3) is 0 Å². The van der Waals surface area contributed by atoms with Gasteiger partial charge in [0.2, 0.25) is 11.7 Å². The van der Waals surface area contributed by atoms with Gasteiger partial charge in [-0.1, -0.05) is 64.9 Å². The molecular formula is C19H16Cl2N4O2S. The number of primary amides is 1. The number of benzene rings is 2. The van der Waals surface area contributed by atoms with Crippen molar-refractivity contribution in [1.82, 2.24) is 4.98 Å². The number of nitrogens with zero attached hydrogens (tertiary/aromatic N) is 2. The van der Waals surface area contributed by atoms with Crippen molar-refractivity contribution in [3.05, 3.63) is 69.0 Å². The molecule has 0 unspecified atom stereocenters. The fraction of sp³-hybridized carbons (Fsp3) is 0.105. The second kappa shape index (κ2) is 8.18. The summed E-state index contributed by atoms with van der Waals surface area (Å²) >= 11 is 13.2. The Labute approximate surface area is 175 Å². The number of hydrogen-bond donors (Lipinski definition) is 2. The van der Waals surface area contributed by atoms with Crippen LogP contribution in [0.3, 0.4) is 0 Å². The van der Waals surface area contributed by atoms with E-state index in [1.165, 1.54) is 0 Å². The first-order chi connectivity index (χ1) is 13.3. The quantitative estimate of drug-likeness (QED) is 0.563. The molecular weight excluding hydrogens is 419 g/mol. The molecule has 1 amide bonds. The smallest absolute Gasteiger partial charge is 0.240 e. The van der Waals surface area contributed by atoms with E-state index in [0.717, 1.165) is 11.3 Å². The van der Waals surface area contributed by atoms with Gasteiger partial charge >= 0.3 is 0 Å². The van der Waals surface area contributed by atoms with Crippen molar-refractivity contribution in [2.24, 2.45) is 5.73 Å². The lowest BCUT2D eigenvalue weighted by atomic mass is 10.1. The zero-order chi connectivity index (χ0) is 20.4. The van der Waals surface area contributed by atoms with E-state index in [1.807, 2.05) is 6.07 Å². The van der Waals surface area contributed by atoms with Crippen LogP contribution in [0.2, 0.25) is 10.0 Å². The minimum absolute atomic E-state index is 0.0792. The summed E-state index contributed by atoms with van der Waals surface area (Å²) in [5, 5.41) is 1.03. The first-order valence-corrected chi connectivity index (χ1v) is 9.76. The highest BCUT2D eigenvalue weighted by Crippen LogP contribution is 2.37. The minimum atomic E-state index is -0.762. The van der Waals surface area contributed by atoms with Crippen LogP contribution in [0.1, 0.15) is 22.2 Å². The fourth-order valence-corrected chi connectivity index (χ4v) is 3.91. The molecule has 3 rings (SSSR count). The first-order valence-electron chi connectivity index (χ1n) is 8.19. The van der Waals surface area contributed by atoms with Gasteiger partial charge in [0.05, 0.1) is 10.0 Å². The van der Waals surface area contributed by atoms with Crippen LogP contribution in [0.4, 0.5) is 16.6 Å². The number of aromatic nitrogens is 1. The Kier molecular flexibility index (Phi) is 5.88. The number of anilines is 3. The summed E-state index contributed by atoms with van der Waals surface area (Å²) in [5.41, 5.74) is 12.6. The lowest BCUT2D eigenvalue weighted by molar-refractivity contribution is -0.118. The molecule has 0 aliphatic carbocycles. The number of carbonyl (C=O) groups is 2. The molecule has 0 aliphatic rings. The van der Waals surface area contributed by atoms with Crippen LogP contribution < -0.4 is 16.4 Å². The maximum atomic E-state index is 12.8. The summed E-state index contributed by atoms with van der Waals surface area (Å²) in [6.45, 7) is 1.63. The molecule has 2 aromatic carbocycles. The van der Waals surface area contributed by atoms with Gasteiger partial charge in [0.15, 0.2) is 5.13 Å². The molecule has 4 N–H and O–H groups in total. The number of hydrogen-bond acceptors (Lipinski definition) is 6. The maximum Gasteiger partial charge on any atom is 0.240 e. The zero-order valence-corrected chi connectivity index (χ0v) is 17.1. The van der Waals surface area contributed by atoms with E-state index >= 15 is 0 Å². The second-order valence-electron chi connectivity index (χ2n) is 5.95. The number of nitrogens with two attached hydrogens (primary N) is 2. The predicted molar refractivity (Wildman–Crippen MR) is 114 cm³/mol. The molecule has 9 heteroatoms. The van der Waals surface area contributed by atoms with Gasteiger partial charge in [0.1, 0.15) is 16.7 Å². The van der Waals surface area contributed by atoms with E-state index < -0.39 is 11.9 Å². The van der Waals surface area contributed by atoms with Crippen LogP contribution in [0, 0.1) is 0 Å². The number of thiazole rings is 1. The van der Waals surface area contributed by atoms with Gasteiger partial charge in [0, 0.05) is 11.3 Å². The van der Waals surface area contributed by atoms with Crippen molar-refractivity contribution in [3.63, 3.8) is 0 Å². The molecule has 1 heterocycles. The van der Waals surface area contributed by atoms with Crippen LogP contribution in [-0.4, -0.2) is 22.7 Å².